The molecule has 7 nitrogen and oxygen atoms in total. The minimum Gasteiger partial charge on any atom is -0.444 e. The van der Waals surface area contributed by atoms with Crippen LogP contribution in [0.25, 0.3) is 11.3 Å². The first-order valence-corrected chi connectivity index (χ1v) is 10.9. The van der Waals surface area contributed by atoms with Gasteiger partial charge in [-0.1, -0.05) is 6.92 Å². The third kappa shape index (κ3) is 5.04. The lowest BCUT2D eigenvalue weighted by Gasteiger charge is -2.27. The molecule has 2 aromatic rings. The minimum atomic E-state index is -4.50. The van der Waals surface area contributed by atoms with Crippen molar-refractivity contribution in [3.8, 4) is 11.3 Å². The molecule has 33 heavy (non-hydrogen) atoms. The molecule has 1 amide bonds. The van der Waals surface area contributed by atoms with Crippen molar-refractivity contribution in [2.45, 2.75) is 58.4 Å². The first-order chi connectivity index (χ1) is 15.3. The van der Waals surface area contributed by atoms with Gasteiger partial charge < -0.3 is 15.0 Å². The molecular formula is C23H28F3N5O2. The van der Waals surface area contributed by atoms with E-state index in [0.29, 0.717) is 24.8 Å². The van der Waals surface area contributed by atoms with Gasteiger partial charge in [0.2, 0.25) is 0 Å². The Hall–Kier alpha value is -2.91. The van der Waals surface area contributed by atoms with E-state index in [9.17, 15) is 18.0 Å². The molecular weight excluding hydrogens is 435 g/mol. The first kappa shape index (κ1) is 23.3. The van der Waals surface area contributed by atoms with Crippen LogP contribution in [0.2, 0.25) is 0 Å². The number of alkyl halides is 3. The Morgan fingerprint density at radius 1 is 1.21 bits per heavy atom. The lowest BCUT2D eigenvalue weighted by Crippen LogP contribution is -2.37. The van der Waals surface area contributed by atoms with Crippen LogP contribution in [-0.2, 0) is 10.9 Å². The Balaban J connectivity index is 1.39. The van der Waals surface area contributed by atoms with E-state index in [4.69, 9.17) is 4.74 Å². The lowest BCUT2D eigenvalue weighted by molar-refractivity contribution is -0.137. The summed E-state index contributed by atoms with van der Waals surface area (Å²) in [5.41, 5.74) is -1.34. The van der Waals surface area contributed by atoms with Crippen LogP contribution in [-0.4, -0.2) is 50.9 Å². The molecule has 1 aliphatic heterocycles. The fourth-order valence-electron chi connectivity index (χ4n) is 4.88. The number of carbonyl (C=O) groups is 1. The Morgan fingerprint density at radius 2 is 1.97 bits per heavy atom. The van der Waals surface area contributed by atoms with Crippen molar-refractivity contribution in [1.29, 1.82) is 0 Å². The number of carbonyl (C=O) groups excluding carboxylic acids is 1. The molecule has 0 spiro atoms. The summed E-state index contributed by atoms with van der Waals surface area (Å²) in [7, 11) is 0. The molecule has 0 radical (unpaired) electrons. The van der Waals surface area contributed by atoms with Crippen LogP contribution in [0.15, 0.2) is 30.6 Å². The predicted octanol–water partition coefficient (Wildman–Crippen LogP) is 5.00. The van der Waals surface area contributed by atoms with Crippen molar-refractivity contribution in [1.82, 2.24) is 20.1 Å². The molecule has 0 aromatic carbocycles. The summed E-state index contributed by atoms with van der Waals surface area (Å²) in [5.74, 6) is 0.841. The number of amides is 1. The Labute approximate surface area is 190 Å². The number of anilines is 1. The highest BCUT2D eigenvalue weighted by Crippen LogP contribution is 2.49. The van der Waals surface area contributed by atoms with E-state index in [2.05, 4.69) is 27.4 Å². The molecule has 0 bridgehead atoms. The van der Waals surface area contributed by atoms with Gasteiger partial charge in [-0.25, -0.2) is 4.79 Å². The van der Waals surface area contributed by atoms with Crippen molar-refractivity contribution >= 4 is 11.9 Å². The normalized spacial score (nSPS) is 25.1. The number of rotatable bonds is 3. The second-order valence-electron chi connectivity index (χ2n) is 10.2. The number of halogens is 3. The van der Waals surface area contributed by atoms with Crippen LogP contribution in [0.3, 0.4) is 0 Å². The first-order valence-electron chi connectivity index (χ1n) is 10.9. The number of hydrogen-bond acceptors (Lipinski definition) is 6. The summed E-state index contributed by atoms with van der Waals surface area (Å²) in [4.78, 5) is 18.0. The zero-order valence-corrected chi connectivity index (χ0v) is 19.1. The molecule has 178 valence electrons. The van der Waals surface area contributed by atoms with Crippen molar-refractivity contribution in [3.63, 3.8) is 0 Å². The summed E-state index contributed by atoms with van der Waals surface area (Å²) in [6, 6.07) is 4.23. The number of ether oxygens (including phenoxy) is 1. The lowest BCUT2D eigenvalue weighted by atomic mass is 9.83. The van der Waals surface area contributed by atoms with Gasteiger partial charge in [0.1, 0.15) is 11.4 Å². The molecule has 1 aliphatic carbocycles. The summed E-state index contributed by atoms with van der Waals surface area (Å²) in [6.45, 7) is 9.03. The molecule has 2 aromatic heterocycles. The van der Waals surface area contributed by atoms with E-state index in [1.54, 1.807) is 11.0 Å². The average Bonchev–Trinajstić information content (AvgIpc) is 3.18. The van der Waals surface area contributed by atoms with Crippen molar-refractivity contribution in [3.05, 3.63) is 36.2 Å². The number of hydrogen-bond donors (Lipinski definition) is 1. The second kappa shape index (κ2) is 8.14. The molecule has 4 rings (SSSR count). The number of pyridine rings is 1. The third-order valence-electron chi connectivity index (χ3n) is 6.33. The van der Waals surface area contributed by atoms with Gasteiger partial charge in [-0.15, -0.1) is 10.2 Å². The van der Waals surface area contributed by atoms with E-state index in [1.165, 1.54) is 6.07 Å². The summed E-state index contributed by atoms with van der Waals surface area (Å²) in [5, 5.41) is 11.5. The maximum atomic E-state index is 13.3. The predicted molar refractivity (Wildman–Crippen MR) is 116 cm³/mol. The van der Waals surface area contributed by atoms with Crippen LogP contribution in [0.4, 0.5) is 23.8 Å². The second-order valence-corrected chi connectivity index (χ2v) is 10.2. The van der Waals surface area contributed by atoms with E-state index < -0.39 is 17.3 Å². The summed E-state index contributed by atoms with van der Waals surface area (Å²) in [6.07, 6.45) is -0.813. The SMILES string of the molecule is CC(C)(C)OC(=O)N1C[C@@H]2C[C@@H](Nc3ccc(-c4cnccc4C(F)(F)F)nn3)C[C@]2(C)C1. The molecule has 0 unspecified atom stereocenters. The van der Waals surface area contributed by atoms with E-state index in [1.807, 2.05) is 20.8 Å². The van der Waals surface area contributed by atoms with Gasteiger partial charge in [-0.3, -0.25) is 4.98 Å². The number of fused-ring (bicyclic) bond motifs is 1. The number of nitrogens with one attached hydrogen (secondary N) is 1. The highest BCUT2D eigenvalue weighted by Gasteiger charge is 2.51. The summed E-state index contributed by atoms with van der Waals surface area (Å²) < 4.78 is 45.3. The van der Waals surface area contributed by atoms with E-state index in [0.717, 1.165) is 31.3 Å². The zero-order valence-electron chi connectivity index (χ0n) is 19.1. The van der Waals surface area contributed by atoms with E-state index in [-0.39, 0.29) is 28.8 Å². The zero-order chi connectivity index (χ0) is 24.0. The minimum absolute atomic E-state index is 0.0285. The monoisotopic (exact) mass is 463 g/mol. The molecule has 3 atom stereocenters. The van der Waals surface area contributed by atoms with Gasteiger partial charge in [0.15, 0.2) is 0 Å². The fourth-order valence-corrected chi connectivity index (χ4v) is 4.88. The van der Waals surface area contributed by atoms with Crippen LogP contribution in [0.1, 0.15) is 46.1 Å². The molecule has 1 saturated carbocycles. The fraction of sp³-hybridized carbons (Fsp3) is 0.565. The number of aromatic nitrogens is 3. The van der Waals surface area contributed by atoms with Gasteiger partial charge in [0.25, 0.3) is 0 Å². The topological polar surface area (TPSA) is 80.2 Å². The van der Waals surface area contributed by atoms with Crippen LogP contribution in [0.5, 0.6) is 0 Å². The smallest absolute Gasteiger partial charge is 0.417 e. The molecule has 10 heteroatoms. The standard InChI is InChI=1S/C23H28F3N5O2/c1-21(2,3)33-20(32)31-12-14-9-15(10-22(14,4)13-31)28-19-6-5-18(29-30-19)16-11-27-8-7-17(16)23(24,25)26/h5-8,11,14-15H,9-10,12-13H2,1-4H3,(H,28,30)/t14-,15+,22+/m0/s1. The number of likely N-dealkylation sites (tertiary alicyclic amines) is 1. The highest BCUT2D eigenvalue weighted by molar-refractivity contribution is 5.69. The Morgan fingerprint density at radius 3 is 2.58 bits per heavy atom. The quantitative estimate of drug-likeness (QED) is 0.690. The van der Waals surface area contributed by atoms with Crippen molar-refractivity contribution < 1.29 is 22.7 Å². The highest BCUT2D eigenvalue weighted by atomic mass is 19.4. The van der Waals surface area contributed by atoms with Crippen LogP contribution in [0, 0.1) is 11.3 Å². The van der Waals surface area contributed by atoms with Crippen LogP contribution >= 0.6 is 0 Å². The average molecular weight is 464 g/mol. The molecule has 2 aliphatic rings. The maximum Gasteiger partial charge on any atom is 0.417 e. The molecule has 1 saturated heterocycles. The van der Waals surface area contributed by atoms with E-state index >= 15 is 0 Å². The largest absolute Gasteiger partial charge is 0.444 e. The molecule has 2 fully saturated rings. The van der Waals surface area contributed by atoms with Gasteiger partial charge in [0.05, 0.1) is 11.3 Å². The van der Waals surface area contributed by atoms with Crippen molar-refractivity contribution in [2.75, 3.05) is 18.4 Å². The Bertz CT molecular complexity index is 1020. The summed E-state index contributed by atoms with van der Waals surface area (Å²) >= 11 is 0. The number of nitrogens with zero attached hydrogens (tertiary/aromatic N) is 4. The van der Waals surface area contributed by atoms with Crippen LogP contribution < -0.4 is 5.32 Å². The maximum absolute atomic E-state index is 13.3. The molecule has 3 heterocycles. The Kier molecular flexibility index (Phi) is 5.74. The van der Waals surface area contributed by atoms with Gasteiger partial charge >= 0.3 is 12.3 Å². The van der Waals surface area contributed by atoms with Gasteiger partial charge in [-0.05, 0) is 63.1 Å². The molecule has 1 N–H and O–H groups in total. The van der Waals surface area contributed by atoms with Gasteiger partial charge in [-0.2, -0.15) is 13.2 Å². The van der Waals surface area contributed by atoms with Gasteiger partial charge in [0, 0.05) is 37.1 Å². The third-order valence-corrected chi connectivity index (χ3v) is 6.33. The van der Waals surface area contributed by atoms with Crippen molar-refractivity contribution in [2.24, 2.45) is 11.3 Å².